The Morgan fingerprint density at radius 1 is 1.11 bits per heavy atom. The molecule has 2 aromatic rings. The summed E-state index contributed by atoms with van der Waals surface area (Å²) in [6.45, 7) is 1.93. The maximum absolute atomic E-state index is 5.56. The Balaban J connectivity index is 2.31. The minimum absolute atomic E-state index is 0.115. The van der Waals surface area contributed by atoms with E-state index in [9.17, 15) is 0 Å². The summed E-state index contributed by atoms with van der Waals surface area (Å²) in [4.78, 5) is 11.8. The number of benzene rings is 1. The number of nitrogens with one attached hydrogen (secondary N) is 1. The normalized spacial score (nSPS) is 9.94. The van der Waals surface area contributed by atoms with Gasteiger partial charge in [0.2, 0.25) is 5.95 Å². The molecule has 7 nitrogen and oxygen atoms in total. The zero-order valence-corrected chi connectivity index (χ0v) is 10.0. The molecule has 18 heavy (non-hydrogen) atoms. The summed E-state index contributed by atoms with van der Waals surface area (Å²) in [7, 11) is 1.45. The summed E-state index contributed by atoms with van der Waals surface area (Å²) in [5.41, 5.74) is 3.29. The molecule has 1 aromatic carbocycles. The predicted octanol–water partition coefficient (Wildman–Crippen LogP) is 1.27. The lowest BCUT2D eigenvalue weighted by molar-refractivity contribution is 0.359. The number of hydrogen-bond donors (Lipinski definition) is 2. The second-order valence-corrected chi connectivity index (χ2v) is 3.44. The molecule has 0 aliphatic heterocycles. The maximum Gasteiger partial charge on any atom is 0.330 e. The molecule has 7 heteroatoms. The molecule has 1 aromatic heterocycles. The molecule has 0 atom stereocenters. The molecule has 0 spiro atoms. The van der Waals surface area contributed by atoms with Crippen LogP contribution < -0.4 is 20.7 Å². The van der Waals surface area contributed by atoms with E-state index in [2.05, 4.69) is 20.4 Å². The van der Waals surface area contributed by atoms with Crippen molar-refractivity contribution in [2.24, 2.45) is 5.84 Å². The van der Waals surface area contributed by atoms with Gasteiger partial charge >= 0.3 is 12.0 Å². The molecule has 0 bridgehead atoms. The first-order valence-corrected chi connectivity index (χ1v) is 5.23. The lowest BCUT2D eigenvalue weighted by Gasteiger charge is -2.08. The minimum Gasteiger partial charge on any atom is -0.467 e. The van der Waals surface area contributed by atoms with Crippen molar-refractivity contribution in [2.45, 2.75) is 6.92 Å². The predicted molar refractivity (Wildman–Crippen MR) is 65.4 cm³/mol. The van der Waals surface area contributed by atoms with Crippen LogP contribution in [0.2, 0.25) is 0 Å². The average Bonchev–Trinajstić information content (AvgIpc) is 2.41. The van der Waals surface area contributed by atoms with Crippen LogP contribution in [-0.2, 0) is 0 Å². The second kappa shape index (κ2) is 5.28. The highest BCUT2D eigenvalue weighted by Gasteiger charge is 2.09. The minimum atomic E-state index is 0.115. The molecule has 0 saturated heterocycles. The first-order chi connectivity index (χ1) is 8.72. The first-order valence-electron chi connectivity index (χ1n) is 5.23. The fourth-order valence-electron chi connectivity index (χ4n) is 1.31. The average molecular weight is 247 g/mol. The molecule has 2 rings (SSSR count). The van der Waals surface area contributed by atoms with Crippen molar-refractivity contribution in [3.63, 3.8) is 0 Å². The van der Waals surface area contributed by atoms with Crippen molar-refractivity contribution in [1.29, 1.82) is 0 Å². The highest BCUT2D eigenvalue weighted by atomic mass is 16.5. The molecule has 0 aliphatic rings. The second-order valence-electron chi connectivity index (χ2n) is 3.44. The van der Waals surface area contributed by atoms with E-state index in [1.807, 2.05) is 31.2 Å². The van der Waals surface area contributed by atoms with E-state index < -0.39 is 0 Å². The number of hydrazine groups is 1. The number of ether oxygens (including phenoxy) is 2. The van der Waals surface area contributed by atoms with Crippen LogP contribution in [0.4, 0.5) is 5.95 Å². The summed E-state index contributed by atoms with van der Waals surface area (Å²) in [5, 5.41) is 0. The number of nitrogen functional groups attached to an aromatic ring is 1. The summed E-state index contributed by atoms with van der Waals surface area (Å²) in [5.74, 6) is 6.08. The third-order valence-electron chi connectivity index (χ3n) is 2.20. The summed E-state index contributed by atoms with van der Waals surface area (Å²) >= 11 is 0. The van der Waals surface area contributed by atoms with Gasteiger partial charge in [0, 0.05) is 0 Å². The van der Waals surface area contributed by atoms with Gasteiger partial charge < -0.3 is 9.47 Å². The van der Waals surface area contributed by atoms with Gasteiger partial charge in [-0.2, -0.15) is 9.97 Å². The molecule has 0 amide bonds. The van der Waals surface area contributed by atoms with E-state index in [-0.39, 0.29) is 18.0 Å². The Morgan fingerprint density at radius 3 is 2.50 bits per heavy atom. The van der Waals surface area contributed by atoms with E-state index in [1.54, 1.807) is 0 Å². The van der Waals surface area contributed by atoms with Crippen molar-refractivity contribution < 1.29 is 9.47 Å². The Labute approximate surface area is 104 Å². The van der Waals surface area contributed by atoms with E-state index in [0.29, 0.717) is 5.75 Å². The van der Waals surface area contributed by atoms with E-state index >= 15 is 0 Å². The lowest BCUT2D eigenvalue weighted by atomic mass is 10.2. The number of rotatable bonds is 4. The monoisotopic (exact) mass is 247 g/mol. The van der Waals surface area contributed by atoms with E-state index in [1.165, 1.54) is 7.11 Å². The number of para-hydroxylation sites is 1. The van der Waals surface area contributed by atoms with Crippen LogP contribution in [0, 0.1) is 6.92 Å². The van der Waals surface area contributed by atoms with Crippen LogP contribution in [0.15, 0.2) is 24.3 Å². The van der Waals surface area contributed by atoms with Crippen molar-refractivity contribution in [1.82, 2.24) is 15.0 Å². The van der Waals surface area contributed by atoms with Gasteiger partial charge in [-0.1, -0.05) is 18.2 Å². The van der Waals surface area contributed by atoms with Crippen LogP contribution in [0.3, 0.4) is 0 Å². The standard InChI is InChI=1S/C11H13N5O2/c1-7-5-3-4-6-8(7)18-11-14-9(16-12)13-10(15-11)17-2/h3-6H,12H2,1-2H3,(H,13,14,15,16). The molecule has 1 heterocycles. The van der Waals surface area contributed by atoms with Gasteiger partial charge in [0.1, 0.15) is 5.75 Å². The zero-order chi connectivity index (χ0) is 13.0. The van der Waals surface area contributed by atoms with Gasteiger partial charge in [0.25, 0.3) is 0 Å². The summed E-state index contributed by atoms with van der Waals surface area (Å²) < 4.78 is 10.5. The van der Waals surface area contributed by atoms with Gasteiger partial charge in [-0.05, 0) is 18.6 Å². The smallest absolute Gasteiger partial charge is 0.330 e. The van der Waals surface area contributed by atoms with Crippen LogP contribution in [0.25, 0.3) is 0 Å². The van der Waals surface area contributed by atoms with Gasteiger partial charge in [0.05, 0.1) is 7.11 Å². The molecule has 94 valence electrons. The number of methoxy groups -OCH3 is 1. The lowest BCUT2D eigenvalue weighted by Crippen LogP contribution is -2.12. The molecule has 0 fully saturated rings. The third kappa shape index (κ3) is 2.64. The van der Waals surface area contributed by atoms with Crippen LogP contribution in [-0.4, -0.2) is 22.1 Å². The molecule has 3 N–H and O–H groups in total. The highest BCUT2D eigenvalue weighted by molar-refractivity contribution is 5.35. The molecule has 0 saturated carbocycles. The number of aryl methyl sites for hydroxylation is 1. The third-order valence-corrected chi connectivity index (χ3v) is 2.20. The van der Waals surface area contributed by atoms with Crippen molar-refractivity contribution in [2.75, 3.05) is 12.5 Å². The number of hydrogen-bond acceptors (Lipinski definition) is 7. The Bertz CT molecular complexity index is 524. The maximum atomic E-state index is 5.56. The largest absolute Gasteiger partial charge is 0.467 e. The fourth-order valence-corrected chi connectivity index (χ4v) is 1.31. The topological polar surface area (TPSA) is 95.2 Å². The zero-order valence-electron chi connectivity index (χ0n) is 10.0. The first kappa shape index (κ1) is 12.1. The highest BCUT2D eigenvalue weighted by Crippen LogP contribution is 2.23. The fraction of sp³-hybridized carbons (Fsp3) is 0.182. The van der Waals surface area contributed by atoms with Crippen LogP contribution >= 0.6 is 0 Å². The Kier molecular flexibility index (Phi) is 3.54. The van der Waals surface area contributed by atoms with Gasteiger partial charge in [-0.25, -0.2) is 5.84 Å². The molecule has 0 radical (unpaired) electrons. The van der Waals surface area contributed by atoms with Gasteiger partial charge in [-0.3, -0.25) is 5.43 Å². The molecular weight excluding hydrogens is 234 g/mol. The number of nitrogens with zero attached hydrogens (tertiary/aromatic N) is 3. The van der Waals surface area contributed by atoms with Crippen LogP contribution in [0.1, 0.15) is 5.56 Å². The van der Waals surface area contributed by atoms with E-state index in [4.69, 9.17) is 15.3 Å². The van der Waals surface area contributed by atoms with Crippen LogP contribution in [0.5, 0.6) is 17.8 Å². The summed E-state index contributed by atoms with van der Waals surface area (Å²) in [6, 6.07) is 7.77. The van der Waals surface area contributed by atoms with Crippen molar-refractivity contribution >= 4 is 5.95 Å². The molecule has 0 unspecified atom stereocenters. The van der Waals surface area contributed by atoms with Crippen molar-refractivity contribution in [3.05, 3.63) is 29.8 Å². The Hall–Kier alpha value is -2.41. The van der Waals surface area contributed by atoms with Gasteiger partial charge in [-0.15, -0.1) is 4.98 Å². The number of nitrogens with two attached hydrogens (primary N) is 1. The van der Waals surface area contributed by atoms with E-state index in [0.717, 1.165) is 5.56 Å². The quantitative estimate of drug-likeness (QED) is 0.620. The number of anilines is 1. The molecular formula is C11H13N5O2. The Morgan fingerprint density at radius 2 is 1.83 bits per heavy atom. The van der Waals surface area contributed by atoms with Crippen molar-refractivity contribution in [3.8, 4) is 17.8 Å². The molecule has 0 aliphatic carbocycles. The SMILES string of the molecule is COc1nc(NN)nc(Oc2ccccc2C)n1. The summed E-state index contributed by atoms with van der Waals surface area (Å²) in [6.07, 6.45) is 0. The van der Waals surface area contributed by atoms with Gasteiger partial charge in [0.15, 0.2) is 0 Å². The number of aromatic nitrogens is 3.